The van der Waals surface area contributed by atoms with Crippen LogP contribution in [0.5, 0.6) is 5.75 Å². The standard InChI is InChI=1S/C25H31N3O3.C4H6/c1-5-18(3)19(4)23(6-2)30-14-8-12-24(29)28-13-9-15-31-25-21(10-7-11-22(25)28)20-16-26-27-17-20;1-3-4-2/h5-7,10-11,16-17H,1,8-9,12-15H2,2-4H3,(H,26,27);3-4H,1-2H2/b19-18-,23-6+;. The van der Waals surface area contributed by atoms with Gasteiger partial charge in [0.15, 0.2) is 5.75 Å². The summed E-state index contributed by atoms with van der Waals surface area (Å²) in [7, 11) is 0. The second-order valence-electron chi connectivity index (χ2n) is 7.98. The summed E-state index contributed by atoms with van der Waals surface area (Å²) in [5, 5.41) is 6.87. The Balaban J connectivity index is 0.00000100. The summed E-state index contributed by atoms with van der Waals surface area (Å²) >= 11 is 0. The van der Waals surface area contributed by atoms with Gasteiger partial charge in [0.25, 0.3) is 0 Å². The average molecular weight is 476 g/mol. The van der Waals surface area contributed by atoms with Gasteiger partial charge in [-0.05, 0) is 56.9 Å². The zero-order valence-electron chi connectivity index (χ0n) is 21.2. The molecule has 2 heterocycles. The van der Waals surface area contributed by atoms with Crippen LogP contribution in [0.2, 0.25) is 0 Å². The van der Waals surface area contributed by atoms with E-state index in [1.807, 2.05) is 62.2 Å². The molecule has 2 aromatic rings. The van der Waals surface area contributed by atoms with Crippen molar-refractivity contribution < 1.29 is 14.3 Å². The Morgan fingerprint density at radius 3 is 2.66 bits per heavy atom. The van der Waals surface area contributed by atoms with Crippen LogP contribution in [0.3, 0.4) is 0 Å². The SMILES string of the molecule is C=C/C(C)=C(C)\C(=C/C)OCCCC(=O)N1CCCOc2c(-c3cn[nH]c3)cccc21.C=CC=C. The number of ether oxygens (including phenoxy) is 2. The number of benzene rings is 1. The average Bonchev–Trinajstić information content (AvgIpc) is 3.34. The molecule has 0 saturated carbocycles. The minimum Gasteiger partial charge on any atom is -0.494 e. The first-order chi connectivity index (χ1) is 17.0. The number of allylic oxidation sites excluding steroid dienone is 6. The maximum atomic E-state index is 13.1. The molecule has 6 heteroatoms. The molecule has 1 amide bonds. The van der Waals surface area contributed by atoms with Crippen LogP contribution in [-0.4, -0.2) is 35.9 Å². The Morgan fingerprint density at radius 2 is 2.03 bits per heavy atom. The summed E-state index contributed by atoms with van der Waals surface area (Å²) in [6.07, 6.45) is 12.5. The number of hydrogen-bond acceptors (Lipinski definition) is 4. The number of fused-ring (bicyclic) bond motifs is 1. The van der Waals surface area contributed by atoms with Crippen LogP contribution in [0.25, 0.3) is 11.1 Å². The number of carbonyl (C=O) groups is 1. The molecule has 0 atom stereocenters. The molecule has 1 aromatic carbocycles. The highest BCUT2D eigenvalue weighted by molar-refractivity contribution is 5.96. The van der Waals surface area contributed by atoms with E-state index >= 15 is 0 Å². The molecular formula is C29H37N3O3. The maximum Gasteiger partial charge on any atom is 0.227 e. The Bertz CT molecular complexity index is 1060. The lowest BCUT2D eigenvalue weighted by Gasteiger charge is -2.23. The third-order valence-corrected chi connectivity index (χ3v) is 5.66. The molecule has 0 spiro atoms. The summed E-state index contributed by atoms with van der Waals surface area (Å²) in [5.74, 6) is 1.65. The van der Waals surface area contributed by atoms with E-state index in [-0.39, 0.29) is 5.91 Å². The number of carbonyl (C=O) groups excluding carboxylic acids is 1. The number of hydrogen-bond donors (Lipinski definition) is 1. The quantitative estimate of drug-likeness (QED) is 0.247. The van der Waals surface area contributed by atoms with Crippen LogP contribution in [-0.2, 0) is 9.53 Å². The van der Waals surface area contributed by atoms with Crippen LogP contribution < -0.4 is 9.64 Å². The Morgan fingerprint density at radius 1 is 1.26 bits per heavy atom. The molecule has 1 aliphatic rings. The molecule has 0 unspecified atom stereocenters. The number of nitrogens with zero attached hydrogens (tertiary/aromatic N) is 2. The smallest absolute Gasteiger partial charge is 0.227 e. The lowest BCUT2D eigenvalue weighted by atomic mass is 10.1. The molecule has 0 aliphatic carbocycles. The monoisotopic (exact) mass is 475 g/mol. The van der Waals surface area contributed by atoms with E-state index in [9.17, 15) is 4.79 Å². The molecule has 0 fully saturated rings. The molecule has 0 radical (unpaired) electrons. The van der Waals surface area contributed by atoms with Crippen molar-refractivity contribution in [2.24, 2.45) is 0 Å². The highest BCUT2D eigenvalue weighted by Gasteiger charge is 2.24. The van der Waals surface area contributed by atoms with Gasteiger partial charge in [0.05, 0.1) is 25.1 Å². The third-order valence-electron chi connectivity index (χ3n) is 5.66. The van der Waals surface area contributed by atoms with E-state index in [1.165, 1.54) is 0 Å². The van der Waals surface area contributed by atoms with Gasteiger partial charge in [0.1, 0.15) is 5.76 Å². The van der Waals surface area contributed by atoms with Gasteiger partial charge in [0.2, 0.25) is 5.91 Å². The lowest BCUT2D eigenvalue weighted by Crippen LogP contribution is -2.31. The largest absolute Gasteiger partial charge is 0.494 e. The van der Waals surface area contributed by atoms with E-state index < -0.39 is 0 Å². The molecule has 186 valence electrons. The lowest BCUT2D eigenvalue weighted by molar-refractivity contribution is -0.118. The molecule has 1 N–H and O–H groups in total. The van der Waals surface area contributed by atoms with Crippen molar-refractivity contribution in [3.63, 3.8) is 0 Å². The first-order valence-corrected chi connectivity index (χ1v) is 11.9. The minimum absolute atomic E-state index is 0.0799. The summed E-state index contributed by atoms with van der Waals surface area (Å²) in [6, 6.07) is 5.89. The van der Waals surface area contributed by atoms with Crippen molar-refractivity contribution >= 4 is 11.6 Å². The fraction of sp³-hybridized carbons (Fsp3) is 0.310. The summed E-state index contributed by atoms with van der Waals surface area (Å²) in [6.45, 7) is 18.2. The van der Waals surface area contributed by atoms with Gasteiger partial charge in [-0.25, -0.2) is 0 Å². The molecule has 1 aromatic heterocycles. The Labute approximate surface area is 209 Å². The van der Waals surface area contributed by atoms with Gasteiger partial charge in [0, 0.05) is 30.3 Å². The van der Waals surface area contributed by atoms with Crippen LogP contribution >= 0.6 is 0 Å². The van der Waals surface area contributed by atoms with E-state index in [1.54, 1.807) is 18.3 Å². The van der Waals surface area contributed by atoms with Crippen molar-refractivity contribution in [3.8, 4) is 16.9 Å². The van der Waals surface area contributed by atoms with Gasteiger partial charge < -0.3 is 14.4 Å². The summed E-state index contributed by atoms with van der Waals surface area (Å²) < 4.78 is 12.0. The number of rotatable bonds is 9. The van der Waals surface area contributed by atoms with Crippen molar-refractivity contribution in [2.45, 2.75) is 40.0 Å². The number of aromatic nitrogens is 2. The number of amides is 1. The Kier molecular flexibility index (Phi) is 11.3. The van der Waals surface area contributed by atoms with Crippen LogP contribution in [0.1, 0.15) is 40.0 Å². The summed E-state index contributed by atoms with van der Waals surface area (Å²) in [5.41, 5.74) is 4.84. The molecule has 0 saturated heterocycles. The third kappa shape index (κ3) is 7.60. The molecule has 35 heavy (non-hydrogen) atoms. The van der Waals surface area contributed by atoms with Gasteiger partial charge in [-0.1, -0.05) is 50.1 Å². The molecular weight excluding hydrogens is 438 g/mol. The van der Waals surface area contributed by atoms with Crippen LogP contribution in [0.4, 0.5) is 5.69 Å². The zero-order chi connectivity index (χ0) is 25.6. The number of H-pyrrole nitrogens is 1. The fourth-order valence-corrected chi connectivity index (χ4v) is 3.59. The van der Waals surface area contributed by atoms with Gasteiger partial charge >= 0.3 is 0 Å². The highest BCUT2D eigenvalue weighted by atomic mass is 16.5. The van der Waals surface area contributed by atoms with Crippen LogP contribution in [0.15, 0.2) is 91.5 Å². The normalized spacial score (nSPS) is 13.7. The van der Waals surface area contributed by atoms with E-state index in [4.69, 9.17) is 9.47 Å². The zero-order valence-corrected chi connectivity index (χ0v) is 21.2. The predicted octanol–water partition coefficient (Wildman–Crippen LogP) is 6.77. The van der Waals surface area contributed by atoms with Gasteiger partial charge in [-0.2, -0.15) is 5.10 Å². The second-order valence-corrected chi connectivity index (χ2v) is 7.98. The molecule has 1 aliphatic heterocycles. The van der Waals surface area contributed by atoms with E-state index in [0.717, 1.165) is 45.9 Å². The predicted molar refractivity (Wildman–Crippen MR) is 144 cm³/mol. The van der Waals surface area contributed by atoms with Crippen molar-refractivity contribution in [3.05, 3.63) is 91.5 Å². The first kappa shape index (κ1) is 27.4. The number of anilines is 1. The molecule has 6 nitrogen and oxygen atoms in total. The molecule has 3 rings (SSSR count). The van der Waals surface area contributed by atoms with E-state index in [2.05, 4.69) is 29.9 Å². The second kappa shape index (κ2) is 14.5. The topological polar surface area (TPSA) is 67.4 Å². The number of para-hydroxylation sites is 1. The first-order valence-electron chi connectivity index (χ1n) is 11.9. The van der Waals surface area contributed by atoms with Crippen molar-refractivity contribution in [1.82, 2.24) is 10.2 Å². The number of aromatic amines is 1. The highest BCUT2D eigenvalue weighted by Crippen LogP contribution is 2.40. The summed E-state index contributed by atoms with van der Waals surface area (Å²) in [4.78, 5) is 14.9. The minimum atomic E-state index is 0.0799. The van der Waals surface area contributed by atoms with Crippen LogP contribution in [0, 0.1) is 0 Å². The number of nitrogens with one attached hydrogen (secondary N) is 1. The fourth-order valence-electron chi connectivity index (χ4n) is 3.59. The maximum absolute atomic E-state index is 13.1. The Hall–Kier alpha value is -3.80. The van der Waals surface area contributed by atoms with Gasteiger partial charge in [-0.15, -0.1) is 0 Å². The molecule has 0 bridgehead atoms. The van der Waals surface area contributed by atoms with Gasteiger partial charge in [-0.3, -0.25) is 9.89 Å². The van der Waals surface area contributed by atoms with E-state index in [0.29, 0.717) is 32.6 Å². The van der Waals surface area contributed by atoms with Crippen molar-refractivity contribution in [1.29, 1.82) is 0 Å². The van der Waals surface area contributed by atoms with Crippen molar-refractivity contribution in [2.75, 3.05) is 24.7 Å².